The second kappa shape index (κ2) is 12.0. The molecule has 8 heteroatoms. The van der Waals surface area contributed by atoms with Crippen LogP contribution in [0.3, 0.4) is 0 Å². The third-order valence-corrected chi connectivity index (χ3v) is 8.90. The van der Waals surface area contributed by atoms with Crippen molar-refractivity contribution >= 4 is 23.6 Å². The number of carbonyl (C=O) groups is 2. The van der Waals surface area contributed by atoms with Gasteiger partial charge in [0.1, 0.15) is 5.82 Å². The van der Waals surface area contributed by atoms with Crippen LogP contribution in [0.4, 0.5) is 10.1 Å². The molecule has 1 fully saturated rings. The number of nitrogens with one attached hydrogen (secondary N) is 1. The third kappa shape index (κ3) is 5.39. The molecule has 0 bridgehead atoms. The highest BCUT2D eigenvalue weighted by molar-refractivity contribution is 6.01. The Morgan fingerprint density at radius 2 is 1.74 bits per heavy atom. The van der Waals surface area contributed by atoms with Crippen molar-refractivity contribution < 1.29 is 14.0 Å². The summed E-state index contributed by atoms with van der Waals surface area (Å²) in [7, 11) is 3.84. The number of halogens is 1. The molecule has 0 radical (unpaired) electrons. The summed E-state index contributed by atoms with van der Waals surface area (Å²) in [6.07, 6.45) is 12.0. The molecule has 0 saturated carbocycles. The first-order valence-electron chi connectivity index (χ1n) is 14.8. The van der Waals surface area contributed by atoms with Crippen LogP contribution in [0.1, 0.15) is 51.1 Å². The van der Waals surface area contributed by atoms with Crippen LogP contribution in [0.25, 0.3) is 6.08 Å². The molecule has 3 heterocycles. The van der Waals surface area contributed by atoms with E-state index in [1.165, 1.54) is 17.8 Å². The molecule has 1 saturated heterocycles. The topological polar surface area (TPSA) is 60.8 Å². The maximum Gasteiger partial charge on any atom is 0.254 e. The summed E-state index contributed by atoms with van der Waals surface area (Å²) < 4.78 is 15.4. The van der Waals surface area contributed by atoms with E-state index in [-0.39, 0.29) is 17.6 Å². The highest BCUT2D eigenvalue weighted by Gasteiger charge is 2.44. The minimum Gasteiger partial charge on any atom is -0.369 e. The number of amides is 2. The number of likely N-dealkylation sites (N-methyl/N-ethyl adjacent to an activating group) is 1. The van der Waals surface area contributed by atoms with Gasteiger partial charge in [-0.25, -0.2) is 4.39 Å². The number of nitrogens with zero attached hydrogens (tertiary/aromatic N) is 4. The van der Waals surface area contributed by atoms with Crippen LogP contribution in [0, 0.1) is 5.82 Å². The van der Waals surface area contributed by atoms with Gasteiger partial charge >= 0.3 is 0 Å². The number of aromatic nitrogens is 1. The van der Waals surface area contributed by atoms with Crippen molar-refractivity contribution in [3.05, 3.63) is 107 Å². The molecule has 1 N–H and O–H groups in total. The van der Waals surface area contributed by atoms with Gasteiger partial charge in [0.15, 0.2) is 0 Å². The lowest BCUT2D eigenvalue weighted by atomic mass is 9.79. The lowest BCUT2D eigenvalue weighted by molar-refractivity contribution is -0.124. The van der Waals surface area contributed by atoms with Crippen LogP contribution in [-0.2, 0) is 18.3 Å². The van der Waals surface area contributed by atoms with Crippen molar-refractivity contribution in [3.63, 3.8) is 0 Å². The molecule has 2 amide bonds. The average Bonchev–Trinajstić information content (AvgIpc) is 3.15. The fraction of sp³-hybridized carbons (Fsp3) is 0.353. The second-order valence-corrected chi connectivity index (χ2v) is 11.4. The fourth-order valence-electron chi connectivity index (χ4n) is 6.66. The highest BCUT2D eigenvalue weighted by atomic mass is 19.1. The molecule has 3 aliphatic rings. The van der Waals surface area contributed by atoms with Gasteiger partial charge in [0.05, 0.1) is 12.0 Å². The molecular formula is C34H38FN5O2. The Morgan fingerprint density at radius 1 is 0.976 bits per heavy atom. The fourth-order valence-corrected chi connectivity index (χ4v) is 6.66. The van der Waals surface area contributed by atoms with E-state index < -0.39 is 12.0 Å². The van der Waals surface area contributed by atoms with Gasteiger partial charge in [-0.05, 0) is 48.9 Å². The number of fused-ring (bicyclic) bond motifs is 2. The summed E-state index contributed by atoms with van der Waals surface area (Å²) in [4.78, 5) is 33.9. The van der Waals surface area contributed by atoms with Gasteiger partial charge in [-0.3, -0.25) is 14.5 Å². The molecule has 1 aliphatic carbocycles. The number of aryl methyl sites for hydroxylation is 1. The molecule has 2 atom stereocenters. The van der Waals surface area contributed by atoms with E-state index in [2.05, 4.69) is 38.0 Å². The Labute approximate surface area is 246 Å². The van der Waals surface area contributed by atoms with E-state index in [1.807, 2.05) is 62.6 Å². The molecule has 2 aliphatic heterocycles. The van der Waals surface area contributed by atoms with Gasteiger partial charge in [-0.2, -0.15) is 0 Å². The van der Waals surface area contributed by atoms with Crippen molar-refractivity contribution in [1.29, 1.82) is 0 Å². The SMILES string of the molecule is CN1C(=O)c2ccccc2C(C(=O)NCCCN2CCN(c3ccc(F)cc3)CC2)C1c1cn(C)c2c1C=CC=CC2. The van der Waals surface area contributed by atoms with Gasteiger partial charge in [0.25, 0.3) is 5.91 Å². The number of hydrogen-bond donors (Lipinski definition) is 1. The van der Waals surface area contributed by atoms with Crippen molar-refractivity contribution in [1.82, 2.24) is 19.7 Å². The van der Waals surface area contributed by atoms with E-state index in [0.29, 0.717) is 12.1 Å². The maximum atomic E-state index is 14.0. The number of carbonyl (C=O) groups excluding carboxylic acids is 2. The molecule has 1 aromatic heterocycles. The monoisotopic (exact) mass is 567 g/mol. The first-order valence-corrected chi connectivity index (χ1v) is 14.8. The lowest BCUT2D eigenvalue weighted by Gasteiger charge is -2.39. The van der Waals surface area contributed by atoms with Crippen LogP contribution >= 0.6 is 0 Å². The maximum absolute atomic E-state index is 14.0. The first-order chi connectivity index (χ1) is 20.4. The molecular weight excluding hydrogens is 529 g/mol. The van der Waals surface area contributed by atoms with Crippen molar-refractivity contribution in [2.75, 3.05) is 51.2 Å². The Bertz CT molecular complexity index is 1520. The summed E-state index contributed by atoms with van der Waals surface area (Å²) in [6.45, 7) is 5.10. The van der Waals surface area contributed by atoms with Gasteiger partial charge < -0.3 is 19.7 Å². The number of rotatable bonds is 7. The predicted octanol–water partition coefficient (Wildman–Crippen LogP) is 4.53. The quantitative estimate of drug-likeness (QED) is 0.427. The summed E-state index contributed by atoms with van der Waals surface area (Å²) in [5, 5.41) is 3.22. The van der Waals surface area contributed by atoms with E-state index >= 15 is 0 Å². The number of benzene rings is 2. The predicted molar refractivity (Wildman–Crippen MR) is 164 cm³/mol. The van der Waals surface area contributed by atoms with Crippen LogP contribution in [0.15, 0.2) is 73.0 Å². The molecule has 6 rings (SSSR count). The van der Waals surface area contributed by atoms with Crippen molar-refractivity contribution in [3.8, 4) is 0 Å². The Morgan fingerprint density at radius 3 is 2.52 bits per heavy atom. The third-order valence-electron chi connectivity index (χ3n) is 8.90. The molecule has 2 unspecified atom stereocenters. The number of allylic oxidation sites excluding steroid dienone is 3. The summed E-state index contributed by atoms with van der Waals surface area (Å²) in [5.41, 5.74) is 5.69. The van der Waals surface area contributed by atoms with Crippen LogP contribution in [0.2, 0.25) is 0 Å². The van der Waals surface area contributed by atoms with Gasteiger partial charge in [0, 0.05) is 87.5 Å². The van der Waals surface area contributed by atoms with Gasteiger partial charge in [0.2, 0.25) is 5.91 Å². The van der Waals surface area contributed by atoms with E-state index in [1.54, 1.807) is 4.90 Å². The zero-order valence-corrected chi connectivity index (χ0v) is 24.3. The Hall–Kier alpha value is -4.17. The summed E-state index contributed by atoms with van der Waals surface area (Å²) in [5.74, 6) is -0.846. The number of anilines is 1. The van der Waals surface area contributed by atoms with E-state index in [4.69, 9.17) is 0 Å². The smallest absolute Gasteiger partial charge is 0.254 e. The zero-order chi connectivity index (χ0) is 29.2. The second-order valence-electron chi connectivity index (χ2n) is 11.4. The average molecular weight is 568 g/mol. The van der Waals surface area contributed by atoms with Crippen LogP contribution in [-0.4, -0.2) is 72.5 Å². The summed E-state index contributed by atoms with van der Waals surface area (Å²) in [6, 6.07) is 13.8. The zero-order valence-electron chi connectivity index (χ0n) is 24.3. The lowest BCUT2D eigenvalue weighted by Crippen LogP contribution is -2.47. The van der Waals surface area contributed by atoms with Crippen molar-refractivity contribution in [2.45, 2.75) is 24.8 Å². The Balaban J connectivity index is 1.14. The molecule has 3 aromatic rings. The molecule has 218 valence electrons. The van der Waals surface area contributed by atoms with Gasteiger partial charge in [-0.15, -0.1) is 0 Å². The molecule has 0 spiro atoms. The van der Waals surface area contributed by atoms with Crippen LogP contribution in [0.5, 0.6) is 0 Å². The van der Waals surface area contributed by atoms with Gasteiger partial charge in [-0.1, -0.05) is 42.5 Å². The highest BCUT2D eigenvalue weighted by Crippen LogP contribution is 2.44. The minimum atomic E-state index is -0.515. The first kappa shape index (κ1) is 28.0. The normalized spacial score (nSPS) is 20.3. The van der Waals surface area contributed by atoms with E-state index in [0.717, 1.165) is 67.9 Å². The van der Waals surface area contributed by atoms with Crippen LogP contribution < -0.4 is 10.2 Å². The Kier molecular flexibility index (Phi) is 7.98. The summed E-state index contributed by atoms with van der Waals surface area (Å²) >= 11 is 0. The number of piperazine rings is 1. The largest absolute Gasteiger partial charge is 0.369 e. The molecule has 42 heavy (non-hydrogen) atoms. The standard InChI is InChI=1S/C34H38FN5O2/c1-37-23-29(26-9-4-3-5-12-30(26)37)32-31(27-10-6-7-11-28(27)34(42)38(32)2)33(41)36-17-8-18-39-19-21-40(22-20-39)25-15-13-24(35)14-16-25/h3-7,9-11,13-16,23,31-32H,8,12,17-22H2,1-2H3,(H,36,41). The minimum absolute atomic E-state index is 0.0544. The molecule has 2 aromatic carbocycles. The molecule has 7 nitrogen and oxygen atoms in total. The number of hydrogen-bond acceptors (Lipinski definition) is 4. The van der Waals surface area contributed by atoms with Crippen molar-refractivity contribution in [2.24, 2.45) is 7.05 Å². The van der Waals surface area contributed by atoms with E-state index in [9.17, 15) is 14.0 Å².